The van der Waals surface area contributed by atoms with Gasteiger partial charge >= 0.3 is 19.8 Å². The Hall–Kier alpha value is -2.07. The second-order valence-corrected chi connectivity index (χ2v) is 14.4. The number of hydrogen-bond donors (Lipinski definition) is 3. The van der Waals surface area contributed by atoms with Crippen LogP contribution in [-0.4, -0.2) is 60.5 Å². The van der Waals surface area contributed by atoms with Crippen molar-refractivity contribution in [2.45, 2.75) is 167 Å². The molecule has 0 radical (unpaired) electrons. The van der Waals surface area contributed by atoms with Gasteiger partial charge in [-0.2, -0.15) is 0 Å². The molecular formula is C40H72NO9P. The third-order valence-corrected chi connectivity index (χ3v) is 9.02. The number of nitrogens with two attached hydrogens (primary N) is 1. The van der Waals surface area contributed by atoms with Gasteiger partial charge in [0, 0.05) is 19.4 Å². The van der Waals surface area contributed by atoms with Crippen molar-refractivity contribution in [2.75, 3.05) is 26.4 Å². The number of phosphoric ester groups is 1. The average molecular weight is 742 g/mol. The Morgan fingerprint density at radius 3 is 1.78 bits per heavy atom. The maximum absolute atomic E-state index is 12.5. The van der Waals surface area contributed by atoms with Gasteiger partial charge in [0.05, 0.1) is 19.3 Å². The van der Waals surface area contributed by atoms with Crippen molar-refractivity contribution in [3.63, 3.8) is 0 Å². The minimum absolute atomic E-state index is 0.0372. The smallest absolute Gasteiger partial charge is 0.462 e. The Kier molecular flexibility index (Phi) is 34.8. The van der Waals surface area contributed by atoms with E-state index in [4.69, 9.17) is 24.3 Å². The SMILES string of the molecule is CCCCCCCCCCCCCCC(=O)OC[C@H](COP(=O)(O)OCCN)OC(=O)CCC/C=C\C/C=C\C/C=C\C/C=C\[C@H](O)CCCC. The van der Waals surface area contributed by atoms with Crippen LogP contribution in [0, 0.1) is 0 Å². The Labute approximate surface area is 309 Å². The molecule has 0 saturated carbocycles. The summed E-state index contributed by atoms with van der Waals surface area (Å²) < 4.78 is 32.6. The highest BCUT2D eigenvalue weighted by Crippen LogP contribution is 2.43. The molecule has 0 rings (SSSR count). The van der Waals surface area contributed by atoms with Crippen LogP contribution in [-0.2, 0) is 32.7 Å². The van der Waals surface area contributed by atoms with E-state index in [1.165, 1.54) is 57.8 Å². The third-order valence-electron chi connectivity index (χ3n) is 8.04. The molecule has 0 aliphatic carbocycles. The zero-order chi connectivity index (χ0) is 37.7. The number of esters is 2. The number of phosphoric acid groups is 1. The van der Waals surface area contributed by atoms with Crippen LogP contribution in [0.15, 0.2) is 48.6 Å². The lowest BCUT2D eigenvalue weighted by atomic mass is 10.0. The van der Waals surface area contributed by atoms with E-state index in [1.807, 2.05) is 24.3 Å². The molecule has 0 amide bonds. The number of hydrogen-bond acceptors (Lipinski definition) is 9. The van der Waals surface area contributed by atoms with Crippen molar-refractivity contribution >= 4 is 19.8 Å². The fraction of sp³-hybridized carbons (Fsp3) is 0.750. The minimum atomic E-state index is -4.40. The zero-order valence-corrected chi connectivity index (χ0v) is 32.8. The Morgan fingerprint density at radius 1 is 0.667 bits per heavy atom. The molecule has 11 heteroatoms. The topological polar surface area (TPSA) is 155 Å². The lowest BCUT2D eigenvalue weighted by Gasteiger charge is -2.19. The predicted molar refractivity (Wildman–Crippen MR) is 207 cm³/mol. The highest BCUT2D eigenvalue weighted by Gasteiger charge is 2.25. The van der Waals surface area contributed by atoms with Crippen LogP contribution in [0.3, 0.4) is 0 Å². The van der Waals surface area contributed by atoms with Gasteiger partial charge in [-0.25, -0.2) is 4.57 Å². The Morgan fingerprint density at radius 2 is 1.20 bits per heavy atom. The van der Waals surface area contributed by atoms with Gasteiger partial charge in [-0.15, -0.1) is 0 Å². The van der Waals surface area contributed by atoms with Crippen LogP contribution in [0.5, 0.6) is 0 Å². The fourth-order valence-corrected chi connectivity index (χ4v) is 5.82. The summed E-state index contributed by atoms with van der Waals surface area (Å²) in [5, 5.41) is 9.80. The van der Waals surface area contributed by atoms with E-state index in [9.17, 15) is 24.2 Å². The van der Waals surface area contributed by atoms with Crippen molar-refractivity contribution in [3.8, 4) is 0 Å². The molecule has 0 heterocycles. The quantitative estimate of drug-likeness (QED) is 0.0245. The first-order valence-corrected chi connectivity index (χ1v) is 21.2. The first-order valence-electron chi connectivity index (χ1n) is 19.7. The second kappa shape index (κ2) is 36.3. The molecule has 51 heavy (non-hydrogen) atoms. The molecule has 0 aromatic rings. The average Bonchev–Trinajstić information content (AvgIpc) is 3.11. The van der Waals surface area contributed by atoms with Crippen LogP contribution < -0.4 is 5.73 Å². The Balaban J connectivity index is 4.35. The van der Waals surface area contributed by atoms with Gasteiger partial charge in [-0.1, -0.05) is 146 Å². The van der Waals surface area contributed by atoms with E-state index in [2.05, 4.69) is 38.2 Å². The summed E-state index contributed by atoms with van der Waals surface area (Å²) in [6.45, 7) is 3.48. The lowest BCUT2D eigenvalue weighted by Crippen LogP contribution is -2.29. The molecule has 0 spiro atoms. The molecule has 0 bridgehead atoms. The third kappa shape index (κ3) is 36.1. The summed E-state index contributed by atoms with van der Waals surface area (Å²) in [6, 6.07) is 0. The largest absolute Gasteiger partial charge is 0.472 e. The van der Waals surface area contributed by atoms with Crippen LogP contribution in [0.4, 0.5) is 0 Å². The van der Waals surface area contributed by atoms with Crippen molar-refractivity contribution in [1.29, 1.82) is 0 Å². The number of aliphatic hydroxyl groups is 1. The molecule has 3 atom stereocenters. The van der Waals surface area contributed by atoms with Gasteiger partial charge in [0.15, 0.2) is 6.10 Å². The first kappa shape index (κ1) is 48.9. The van der Waals surface area contributed by atoms with Gasteiger partial charge < -0.3 is 25.2 Å². The summed E-state index contributed by atoms with van der Waals surface area (Å²) in [5.41, 5.74) is 5.32. The van der Waals surface area contributed by atoms with Crippen molar-refractivity contribution in [3.05, 3.63) is 48.6 Å². The van der Waals surface area contributed by atoms with E-state index >= 15 is 0 Å². The summed E-state index contributed by atoms with van der Waals surface area (Å²) in [5.74, 6) is -0.919. The summed E-state index contributed by atoms with van der Waals surface area (Å²) in [4.78, 5) is 34.7. The van der Waals surface area contributed by atoms with Crippen LogP contribution >= 0.6 is 7.82 Å². The maximum Gasteiger partial charge on any atom is 0.472 e. The van der Waals surface area contributed by atoms with Gasteiger partial charge in [-0.05, 0) is 44.9 Å². The monoisotopic (exact) mass is 741 g/mol. The molecule has 1 unspecified atom stereocenters. The van der Waals surface area contributed by atoms with Crippen LogP contribution in [0.1, 0.15) is 155 Å². The predicted octanol–water partition coefficient (Wildman–Crippen LogP) is 9.74. The number of allylic oxidation sites excluding steroid dienone is 7. The molecule has 0 aromatic carbocycles. The number of carbonyl (C=O) groups excluding carboxylic acids is 2. The van der Waals surface area contributed by atoms with Gasteiger partial charge in [-0.3, -0.25) is 18.6 Å². The highest BCUT2D eigenvalue weighted by atomic mass is 31.2. The summed E-state index contributed by atoms with van der Waals surface area (Å²) >= 11 is 0. The van der Waals surface area contributed by atoms with E-state index < -0.39 is 32.5 Å². The molecule has 0 saturated heterocycles. The molecule has 0 aromatic heterocycles. The van der Waals surface area contributed by atoms with Crippen molar-refractivity contribution in [2.24, 2.45) is 5.73 Å². The maximum atomic E-state index is 12.5. The fourth-order valence-electron chi connectivity index (χ4n) is 5.06. The molecule has 0 aliphatic rings. The lowest BCUT2D eigenvalue weighted by molar-refractivity contribution is -0.161. The number of ether oxygens (including phenoxy) is 2. The van der Waals surface area contributed by atoms with Crippen molar-refractivity contribution in [1.82, 2.24) is 0 Å². The molecule has 296 valence electrons. The van der Waals surface area contributed by atoms with E-state index in [1.54, 1.807) is 0 Å². The molecule has 10 nitrogen and oxygen atoms in total. The number of unbranched alkanes of at least 4 members (excludes halogenated alkanes) is 13. The van der Waals surface area contributed by atoms with Gasteiger partial charge in [0.1, 0.15) is 6.61 Å². The number of carbonyl (C=O) groups is 2. The van der Waals surface area contributed by atoms with Crippen molar-refractivity contribution < 1.29 is 42.7 Å². The minimum Gasteiger partial charge on any atom is -0.462 e. The van der Waals surface area contributed by atoms with Gasteiger partial charge in [0.2, 0.25) is 0 Å². The normalized spacial score (nSPS) is 14.5. The second-order valence-electron chi connectivity index (χ2n) is 13.0. The van der Waals surface area contributed by atoms with Gasteiger partial charge in [0.25, 0.3) is 0 Å². The van der Waals surface area contributed by atoms with E-state index in [0.29, 0.717) is 12.8 Å². The number of rotatable bonds is 36. The van der Waals surface area contributed by atoms with Crippen LogP contribution in [0.2, 0.25) is 0 Å². The standard InChI is InChI=1S/C40H72NO9P/c1-3-5-7-8-9-10-11-15-18-21-24-27-31-39(43)47-35-38(36-49-51(45,46)48-34-33-41)50-40(44)32-28-25-22-19-16-13-12-14-17-20-23-26-30-37(42)29-6-4-2/h12-13,17,19-20,22,26,30,37-38,42H,3-11,14-16,18,21,23-25,27-29,31-36,41H2,1-2H3,(H,45,46)/b13-12-,20-17-,22-19-,30-26-/t37-,38-/m1/s1. The molecule has 0 aliphatic heterocycles. The van der Waals surface area contributed by atoms with E-state index in [-0.39, 0.29) is 38.7 Å². The van der Waals surface area contributed by atoms with E-state index in [0.717, 1.165) is 57.8 Å². The first-order chi connectivity index (χ1) is 24.7. The zero-order valence-electron chi connectivity index (χ0n) is 31.9. The molecule has 4 N–H and O–H groups in total. The number of aliphatic hydroxyl groups excluding tert-OH is 1. The summed E-state index contributed by atoms with van der Waals surface area (Å²) in [6.07, 6.45) is 36.3. The highest BCUT2D eigenvalue weighted by molar-refractivity contribution is 7.47. The summed E-state index contributed by atoms with van der Waals surface area (Å²) in [7, 11) is -4.40. The van der Waals surface area contributed by atoms with Crippen LogP contribution in [0.25, 0.3) is 0 Å². The molecule has 0 fully saturated rings. The Bertz CT molecular complexity index is 998. The molecular weight excluding hydrogens is 669 g/mol.